The molecule has 0 heterocycles. The molecule has 0 saturated heterocycles. The van der Waals surface area contributed by atoms with Crippen LogP contribution in [0.15, 0.2) is 12.7 Å². The predicted molar refractivity (Wildman–Crippen MR) is 68.1 cm³/mol. The van der Waals surface area contributed by atoms with Gasteiger partial charge in [-0.1, -0.05) is 25.8 Å². The Balaban J connectivity index is 2.25. The molecule has 1 aliphatic carbocycles. The van der Waals surface area contributed by atoms with E-state index < -0.39 is 0 Å². The number of unbranched alkanes of at least 4 members (excludes halogenated alkanes) is 1. The molecule has 0 radical (unpaired) electrons. The molecule has 15 heavy (non-hydrogen) atoms. The Kier molecular flexibility index (Phi) is 6.74. The average molecular weight is 209 g/mol. The number of rotatable bonds is 7. The summed E-state index contributed by atoms with van der Waals surface area (Å²) in [7, 11) is 0. The second-order valence-corrected chi connectivity index (χ2v) is 4.82. The first-order valence-electron chi connectivity index (χ1n) is 6.72. The zero-order valence-electron chi connectivity index (χ0n) is 10.3. The standard InChI is InChI=1S/C14H27N/c1-3-5-6-9-13-10-7-8-11-14(13)15-12-4-2/h3,13-15H,1,4-12H2,2H3. The second kappa shape index (κ2) is 7.92. The Morgan fingerprint density at radius 3 is 2.87 bits per heavy atom. The van der Waals surface area contributed by atoms with Gasteiger partial charge in [-0.05, 0) is 51.0 Å². The predicted octanol–water partition coefficient (Wildman–Crippen LogP) is 3.90. The van der Waals surface area contributed by atoms with Gasteiger partial charge in [-0.25, -0.2) is 0 Å². The fraction of sp³-hybridized carbons (Fsp3) is 0.857. The van der Waals surface area contributed by atoms with Crippen LogP contribution in [0.4, 0.5) is 0 Å². The fourth-order valence-corrected chi connectivity index (χ4v) is 2.68. The van der Waals surface area contributed by atoms with E-state index in [-0.39, 0.29) is 0 Å². The first-order chi connectivity index (χ1) is 7.38. The third kappa shape index (κ3) is 4.83. The van der Waals surface area contributed by atoms with Crippen molar-refractivity contribution in [2.24, 2.45) is 5.92 Å². The van der Waals surface area contributed by atoms with Gasteiger partial charge in [-0.2, -0.15) is 0 Å². The normalized spacial score (nSPS) is 26.5. The Morgan fingerprint density at radius 2 is 2.13 bits per heavy atom. The highest BCUT2D eigenvalue weighted by Crippen LogP contribution is 2.28. The molecule has 0 aromatic rings. The Bertz CT molecular complexity index is 165. The number of nitrogens with one attached hydrogen (secondary N) is 1. The van der Waals surface area contributed by atoms with Crippen LogP contribution in [0.25, 0.3) is 0 Å². The lowest BCUT2D eigenvalue weighted by Gasteiger charge is -2.32. The summed E-state index contributed by atoms with van der Waals surface area (Å²) in [5, 5.41) is 3.72. The lowest BCUT2D eigenvalue weighted by atomic mass is 9.81. The van der Waals surface area contributed by atoms with E-state index >= 15 is 0 Å². The van der Waals surface area contributed by atoms with E-state index in [2.05, 4.69) is 24.9 Å². The van der Waals surface area contributed by atoms with Crippen molar-refractivity contribution < 1.29 is 0 Å². The molecule has 0 aliphatic heterocycles. The van der Waals surface area contributed by atoms with E-state index in [0.29, 0.717) is 0 Å². The smallest absolute Gasteiger partial charge is 0.00953 e. The van der Waals surface area contributed by atoms with Crippen LogP contribution in [0, 0.1) is 5.92 Å². The maximum atomic E-state index is 3.80. The summed E-state index contributed by atoms with van der Waals surface area (Å²) in [6.07, 6.45) is 13.0. The summed E-state index contributed by atoms with van der Waals surface area (Å²) < 4.78 is 0. The summed E-state index contributed by atoms with van der Waals surface area (Å²) in [5.74, 6) is 0.935. The highest BCUT2D eigenvalue weighted by Gasteiger charge is 2.23. The highest BCUT2D eigenvalue weighted by atomic mass is 14.9. The van der Waals surface area contributed by atoms with Crippen molar-refractivity contribution in [1.29, 1.82) is 0 Å². The molecule has 1 saturated carbocycles. The molecule has 1 N–H and O–H groups in total. The van der Waals surface area contributed by atoms with E-state index in [0.717, 1.165) is 12.0 Å². The molecule has 88 valence electrons. The molecule has 0 spiro atoms. The van der Waals surface area contributed by atoms with Crippen LogP contribution >= 0.6 is 0 Å². The van der Waals surface area contributed by atoms with Crippen molar-refractivity contribution in [2.75, 3.05) is 6.54 Å². The van der Waals surface area contributed by atoms with Gasteiger partial charge in [0, 0.05) is 6.04 Å². The SMILES string of the molecule is C=CCCCC1CCCCC1NCCC. The number of hydrogen-bond acceptors (Lipinski definition) is 1. The van der Waals surface area contributed by atoms with Gasteiger partial charge in [-0.15, -0.1) is 6.58 Å². The van der Waals surface area contributed by atoms with Gasteiger partial charge < -0.3 is 5.32 Å². The Labute approximate surface area is 95.3 Å². The minimum Gasteiger partial charge on any atom is -0.314 e. The van der Waals surface area contributed by atoms with Gasteiger partial charge in [0.2, 0.25) is 0 Å². The zero-order valence-corrected chi connectivity index (χ0v) is 10.3. The van der Waals surface area contributed by atoms with Crippen LogP contribution in [0.1, 0.15) is 58.3 Å². The van der Waals surface area contributed by atoms with Crippen molar-refractivity contribution in [3.8, 4) is 0 Å². The van der Waals surface area contributed by atoms with Gasteiger partial charge in [0.05, 0.1) is 0 Å². The molecule has 2 atom stereocenters. The van der Waals surface area contributed by atoms with E-state index in [1.165, 1.54) is 57.9 Å². The first-order valence-corrected chi connectivity index (χ1v) is 6.72. The molecule has 0 aromatic heterocycles. The van der Waals surface area contributed by atoms with Crippen molar-refractivity contribution in [3.05, 3.63) is 12.7 Å². The van der Waals surface area contributed by atoms with Crippen LogP contribution in [-0.2, 0) is 0 Å². The van der Waals surface area contributed by atoms with E-state index in [1.54, 1.807) is 0 Å². The van der Waals surface area contributed by atoms with Gasteiger partial charge in [0.25, 0.3) is 0 Å². The summed E-state index contributed by atoms with van der Waals surface area (Å²) in [6, 6.07) is 0.809. The Hall–Kier alpha value is -0.300. The van der Waals surface area contributed by atoms with Crippen LogP contribution in [0.2, 0.25) is 0 Å². The molecule has 1 nitrogen and oxygen atoms in total. The fourth-order valence-electron chi connectivity index (χ4n) is 2.68. The lowest BCUT2D eigenvalue weighted by molar-refractivity contribution is 0.246. The molecule has 0 aromatic carbocycles. The largest absolute Gasteiger partial charge is 0.314 e. The Morgan fingerprint density at radius 1 is 1.33 bits per heavy atom. The van der Waals surface area contributed by atoms with Gasteiger partial charge >= 0.3 is 0 Å². The summed E-state index contributed by atoms with van der Waals surface area (Å²) >= 11 is 0. The molecule has 0 bridgehead atoms. The van der Waals surface area contributed by atoms with E-state index in [4.69, 9.17) is 0 Å². The molecule has 0 amide bonds. The summed E-state index contributed by atoms with van der Waals surface area (Å²) in [6.45, 7) is 7.25. The van der Waals surface area contributed by atoms with Crippen molar-refractivity contribution in [3.63, 3.8) is 0 Å². The maximum absolute atomic E-state index is 3.80. The first kappa shape index (κ1) is 12.8. The van der Waals surface area contributed by atoms with Crippen molar-refractivity contribution >= 4 is 0 Å². The van der Waals surface area contributed by atoms with Gasteiger partial charge in [0.15, 0.2) is 0 Å². The van der Waals surface area contributed by atoms with Crippen LogP contribution in [-0.4, -0.2) is 12.6 Å². The molecule has 1 heteroatoms. The number of hydrogen-bond donors (Lipinski definition) is 1. The molecule has 2 unspecified atom stereocenters. The van der Waals surface area contributed by atoms with E-state index in [9.17, 15) is 0 Å². The van der Waals surface area contributed by atoms with Crippen LogP contribution < -0.4 is 5.32 Å². The molecular weight excluding hydrogens is 182 g/mol. The van der Waals surface area contributed by atoms with Crippen molar-refractivity contribution in [1.82, 2.24) is 5.32 Å². The monoisotopic (exact) mass is 209 g/mol. The number of allylic oxidation sites excluding steroid dienone is 1. The third-order valence-corrected chi connectivity index (χ3v) is 3.55. The van der Waals surface area contributed by atoms with Crippen LogP contribution in [0.5, 0.6) is 0 Å². The lowest BCUT2D eigenvalue weighted by Crippen LogP contribution is -2.38. The van der Waals surface area contributed by atoms with E-state index in [1.807, 2.05) is 0 Å². The zero-order chi connectivity index (χ0) is 10.9. The average Bonchev–Trinajstić information content (AvgIpc) is 2.28. The third-order valence-electron chi connectivity index (χ3n) is 3.55. The molecular formula is C14H27N. The second-order valence-electron chi connectivity index (χ2n) is 4.82. The summed E-state index contributed by atoms with van der Waals surface area (Å²) in [5.41, 5.74) is 0. The maximum Gasteiger partial charge on any atom is 0.00953 e. The molecule has 1 aliphatic rings. The topological polar surface area (TPSA) is 12.0 Å². The summed E-state index contributed by atoms with van der Waals surface area (Å²) in [4.78, 5) is 0. The molecule has 1 rings (SSSR count). The van der Waals surface area contributed by atoms with Gasteiger partial charge in [-0.3, -0.25) is 0 Å². The minimum atomic E-state index is 0.809. The highest BCUT2D eigenvalue weighted by molar-refractivity contribution is 4.81. The quantitative estimate of drug-likeness (QED) is 0.495. The van der Waals surface area contributed by atoms with Crippen LogP contribution in [0.3, 0.4) is 0 Å². The van der Waals surface area contributed by atoms with Gasteiger partial charge in [0.1, 0.15) is 0 Å². The van der Waals surface area contributed by atoms with Crippen molar-refractivity contribution in [2.45, 2.75) is 64.3 Å². The molecule has 1 fully saturated rings. The minimum absolute atomic E-state index is 0.809.